The second kappa shape index (κ2) is 8.33. The van der Waals surface area contributed by atoms with Crippen LogP contribution in [0.3, 0.4) is 0 Å². The Hall–Kier alpha value is -3.10. The van der Waals surface area contributed by atoms with Crippen molar-refractivity contribution in [2.24, 2.45) is 0 Å². The fraction of sp³-hybridized carbons (Fsp3) is 0.524. The predicted octanol–water partition coefficient (Wildman–Crippen LogP) is 2.86. The molecule has 2 aliphatic rings. The Kier molecular flexibility index (Phi) is 6.00. The second-order valence-electron chi connectivity index (χ2n) is 8.75. The average Bonchev–Trinajstić information content (AvgIpc) is 2.86. The first kappa shape index (κ1) is 21.6. The summed E-state index contributed by atoms with van der Waals surface area (Å²) in [6.45, 7) is 5.32. The van der Waals surface area contributed by atoms with Gasteiger partial charge in [0.1, 0.15) is 11.1 Å². The smallest absolute Gasteiger partial charge is 0.412 e. The van der Waals surface area contributed by atoms with Crippen LogP contribution in [0.2, 0.25) is 0 Å². The highest BCUT2D eigenvalue weighted by atomic mass is 16.6. The molecular formula is C21H28N4O5. The molecule has 0 bridgehead atoms. The summed E-state index contributed by atoms with van der Waals surface area (Å²) in [4.78, 5) is 49.1. The van der Waals surface area contributed by atoms with Gasteiger partial charge in [0.05, 0.1) is 6.42 Å². The molecule has 1 saturated carbocycles. The first-order chi connectivity index (χ1) is 14.1. The van der Waals surface area contributed by atoms with Gasteiger partial charge in [-0.1, -0.05) is 31.4 Å². The number of nitrogens with one attached hydrogen (secondary N) is 3. The number of imide groups is 1. The molecule has 30 heavy (non-hydrogen) atoms. The Morgan fingerprint density at radius 1 is 1.10 bits per heavy atom. The lowest BCUT2D eigenvalue weighted by atomic mass is 9.82. The van der Waals surface area contributed by atoms with Crippen molar-refractivity contribution < 1.29 is 23.9 Å². The molecule has 162 valence electrons. The number of carbonyl (C=O) groups is 4. The summed E-state index contributed by atoms with van der Waals surface area (Å²) < 4.78 is 5.19. The van der Waals surface area contributed by atoms with Crippen LogP contribution >= 0.6 is 0 Å². The molecule has 1 aliphatic carbocycles. The first-order valence-corrected chi connectivity index (χ1v) is 10.1. The van der Waals surface area contributed by atoms with Crippen molar-refractivity contribution in [2.75, 3.05) is 5.32 Å². The van der Waals surface area contributed by atoms with Gasteiger partial charge in [-0.3, -0.25) is 20.3 Å². The summed E-state index contributed by atoms with van der Waals surface area (Å²) in [5.74, 6) is -0.864. The number of benzene rings is 1. The number of hydrazine groups is 1. The van der Waals surface area contributed by atoms with E-state index in [1.807, 2.05) is 0 Å². The molecule has 2 fully saturated rings. The number of carbonyl (C=O) groups excluding carboxylic acids is 4. The number of ether oxygens (including phenoxy) is 1. The van der Waals surface area contributed by atoms with E-state index in [0.29, 0.717) is 24.1 Å². The number of hydrogen-bond donors (Lipinski definition) is 3. The van der Waals surface area contributed by atoms with E-state index < -0.39 is 35.1 Å². The van der Waals surface area contributed by atoms with Crippen LogP contribution in [0.5, 0.6) is 0 Å². The van der Waals surface area contributed by atoms with Crippen molar-refractivity contribution in [3.05, 3.63) is 29.8 Å². The van der Waals surface area contributed by atoms with Crippen molar-refractivity contribution in [1.29, 1.82) is 0 Å². The number of anilines is 1. The highest BCUT2D eigenvalue weighted by molar-refractivity contribution is 6.08. The average molecular weight is 416 g/mol. The molecule has 5 amide bonds. The van der Waals surface area contributed by atoms with Crippen LogP contribution in [-0.4, -0.2) is 40.1 Å². The van der Waals surface area contributed by atoms with Crippen LogP contribution in [0.15, 0.2) is 24.3 Å². The van der Waals surface area contributed by atoms with Crippen molar-refractivity contribution in [3.8, 4) is 0 Å². The topological polar surface area (TPSA) is 117 Å². The maximum Gasteiger partial charge on any atom is 0.412 e. The van der Waals surface area contributed by atoms with Gasteiger partial charge >= 0.3 is 12.1 Å². The van der Waals surface area contributed by atoms with Crippen molar-refractivity contribution in [2.45, 2.75) is 70.4 Å². The Morgan fingerprint density at radius 2 is 1.73 bits per heavy atom. The number of urea groups is 1. The van der Waals surface area contributed by atoms with E-state index in [-0.39, 0.29) is 6.42 Å². The van der Waals surface area contributed by atoms with E-state index in [1.165, 1.54) is 0 Å². The number of hydrogen-bond acceptors (Lipinski definition) is 5. The van der Waals surface area contributed by atoms with Crippen LogP contribution in [0.4, 0.5) is 15.3 Å². The first-order valence-electron chi connectivity index (χ1n) is 10.1. The molecule has 1 saturated heterocycles. The molecule has 1 spiro atoms. The number of nitrogens with zero attached hydrogens (tertiary/aromatic N) is 1. The molecule has 3 N–H and O–H groups in total. The summed E-state index contributed by atoms with van der Waals surface area (Å²) in [7, 11) is 0. The SMILES string of the molecule is CC(C)(C)OC(=O)Nc1ccc(CC(=O)NN2C(=O)NC3(CCCCC3)C2=O)cc1. The van der Waals surface area contributed by atoms with Crippen LogP contribution in [0.25, 0.3) is 0 Å². The minimum Gasteiger partial charge on any atom is -0.444 e. The summed E-state index contributed by atoms with van der Waals surface area (Å²) in [5.41, 5.74) is 2.13. The molecule has 9 heteroatoms. The zero-order valence-electron chi connectivity index (χ0n) is 17.5. The van der Waals surface area contributed by atoms with Crippen molar-refractivity contribution in [3.63, 3.8) is 0 Å². The lowest BCUT2D eigenvalue weighted by Gasteiger charge is -2.30. The van der Waals surface area contributed by atoms with Gasteiger partial charge in [-0.05, 0) is 51.3 Å². The number of rotatable bonds is 4. The summed E-state index contributed by atoms with van der Waals surface area (Å²) in [6.07, 6.45) is 3.39. The lowest BCUT2D eigenvalue weighted by molar-refractivity contribution is -0.139. The van der Waals surface area contributed by atoms with E-state index in [9.17, 15) is 19.2 Å². The molecule has 0 radical (unpaired) electrons. The minimum atomic E-state index is -0.877. The van der Waals surface area contributed by atoms with E-state index in [2.05, 4.69) is 16.1 Å². The highest BCUT2D eigenvalue weighted by Gasteiger charge is 2.52. The fourth-order valence-electron chi connectivity index (χ4n) is 3.69. The third-order valence-electron chi connectivity index (χ3n) is 5.07. The van der Waals surface area contributed by atoms with Crippen LogP contribution in [0.1, 0.15) is 58.4 Å². The van der Waals surface area contributed by atoms with Crippen LogP contribution < -0.4 is 16.1 Å². The van der Waals surface area contributed by atoms with Gasteiger partial charge in [0, 0.05) is 5.69 Å². The van der Waals surface area contributed by atoms with Gasteiger partial charge in [-0.2, -0.15) is 5.01 Å². The molecule has 9 nitrogen and oxygen atoms in total. The largest absolute Gasteiger partial charge is 0.444 e. The molecule has 1 aromatic rings. The fourth-order valence-corrected chi connectivity index (χ4v) is 3.69. The predicted molar refractivity (Wildman–Crippen MR) is 109 cm³/mol. The van der Waals surface area contributed by atoms with Crippen molar-refractivity contribution in [1.82, 2.24) is 15.8 Å². The van der Waals surface area contributed by atoms with Crippen LogP contribution in [-0.2, 0) is 20.7 Å². The van der Waals surface area contributed by atoms with Gasteiger partial charge in [0.25, 0.3) is 5.91 Å². The zero-order valence-corrected chi connectivity index (χ0v) is 17.5. The Morgan fingerprint density at radius 3 is 2.33 bits per heavy atom. The van der Waals surface area contributed by atoms with Gasteiger partial charge in [-0.25, -0.2) is 9.59 Å². The van der Waals surface area contributed by atoms with Gasteiger partial charge in [0.2, 0.25) is 5.91 Å². The standard InChI is InChI=1S/C21H28N4O5/c1-20(2,3)30-19(29)22-15-9-7-14(8-10-15)13-16(26)24-25-17(27)21(23-18(25)28)11-5-4-6-12-21/h7-10H,4-6,11-13H2,1-3H3,(H,22,29)(H,23,28)(H,24,26). The van der Waals surface area contributed by atoms with Crippen molar-refractivity contribution >= 4 is 29.6 Å². The summed E-state index contributed by atoms with van der Waals surface area (Å²) in [5, 5.41) is 6.16. The van der Waals surface area contributed by atoms with Gasteiger partial charge < -0.3 is 10.1 Å². The monoisotopic (exact) mass is 416 g/mol. The maximum absolute atomic E-state index is 12.7. The summed E-state index contributed by atoms with van der Waals surface area (Å²) in [6, 6.07) is 6.07. The molecule has 1 aliphatic heterocycles. The normalized spacial score (nSPS) is 18.2. The molecular weight excluding hydrogens is 388 g/mol. The quantitative estimate of drug-likeness (QED) is 0.653. The molecule has 3 rings (SSSR count). The van der Waals surface area contributed by atoms with E-state index in [0.717, 1.165) is 24.3 Å². The lowest BCUT2D eigenvalue weighted by Crippen LogP contribution is -2.51. The van der Waals surface area contributed by atoms with E-state index in [1.54, 1.807) is 45.0 Å². The molecule has 0 atom stereocenters. The maximum atomic E-state index is 12.7. The number of amides is 5. The van der Waals surface area contributed by atoms with E-state index >= 15 is 0 Å². The Balaban J connectivity index is 1.54. The second-order valence-corrected chi connectivity index (χ2v) is 8.75. The van der Waals surface area contributed by atoms with Gasteiger partial charge in [-0.15, -0.1) is 0 Å². The van der Waals surface area contributed by atoms with Gasteiger partial charge in [0.15, 0.2) is 0 Å². The van der Waals surface area contributed by atoms with E-state index in [4.69, 9.17) is 4.74 Å². The Bertz CT molecular complexity index is 838. The molecule has 0 unspecified atom stereocenters. The summed E-state index contributed by atoms with van der Waals surface area (Å²) >= 11 is 0. The third kappa shape index (κ3) is 5.08. The van der Waals surface area contributed by atoms with Crippen LogP contribution in [0, 0.1) is 0 Å². The molecule has 1 aromatic carbocycles. The minimum absolute atomic E-state index is 0.0171. The zero-order chi connectivity index (χ0) is 21.9. The molecule has 0 aromatic heterocycles. The molecule has 1 heterocycles. The highest BCUT2D eigenvalue weighted by Crippen LogP contribution is 2.33. The third-order valence-corrected chi connectivity index (χ3v) is 5.07. The Labute approximate surface area is 175 Å².